The summed E-state index contributed by atoms with van der Waals surface area (Å²) in [5.74, 6) is -0.496. The van der Waals surface area contributed by atoms with Gasteiger partial charge in [0.25, 0.3) is 5.56 Å². The molecule has 0 atom stereocenters. The maximum atomic E-state index is 12.4. The fourth-order valence-electron chi connectivity index (χ4n) is 3.23. The Balaban J connectivity index is 1.82. The highest BCUT2D eigenvalue weighted by Crippen LogP contribution is 2.24. The number of anilines is 2. The number of aryl methyl sites for hydroxylation is 2. The molecule has 2 amide bonds. The molecule has 160 valence electrons. The van der Waals surface area contributed by atoms with Gasteiger partial charge in [0, 0.05) is 29.9 Å². The van der Waals surface area contributed by atoms with Crippen molar-refractivity contribution >= 4 is 23.2 Å². The van der Waals surface area contributed by atoms with Crippen LogP contribution in [-0.4, -0.2) is 21.6 Å². The van der Waals surface area contributed by atoms with Gasteiger partial charge >= 0.3 is 0 Å². The second-order valence-electron chi connectivity index (χ2n) is 7.22. The summed E-state index contributed by atoms with van der Waals surface area (Å²) in [5, 5.41) is 9.97. The molecule has 0 bridgehead atoms. The van der Waals surface area contributed by atoms with E-state index in [1.165, 1.54) is 18.6 Å². The smallest absolute Gasteiger partial charge is 0.267 e. The van der Waals surface area contributed by atoms with E-state index in [4.69, 9.17) is 0 Å². The van der Waals surface area contributed by atoms with E-state index in [0.29, 0.717) is 17.1 Å². The van der Waals surface area contributed by atoms with Crippen molar-refractivity contribution in [3.63, 3.8) is 0 Å². The van der Waals surface area contributed by atoms with E-state index in [9.17, 15) is 14.4 Å². The standard InChI is InChI=1S/C24H26N4O3/c1-4-17-6-10-20(11-7-17)26-23(30)15-28-24(31)13-12-21(27-28)19-9-8-18(5-2)22(14-19)25-16(3)29/h6-14H,4-5,15H2,1-3H3,(H,25,29)(H,26,30). The minimum absolute atomic E-state index is 0.159. The van der Waals surface area contributed by atoms with Crippen molar-refractivity contribution in [2.24, 2.45) is 0 Å². The maximum absolute atomic E-state index is 12.4. The SMILES string of the molecule is CCc1ccc(NC(=O)Cn2nc(-c3ccc(CC)c(NC(C)=O)c3)ccc2=O)cc1. The Kier molecular flexibility index (Phi) is 6.97. The van der Waals surface area contributed by atoms with E-state index in [-0.39, 0.29) is 23.9 Å². The summed E-state index contributed by atoms with van der Waals surface area (Å²) in [5.41, 5.74) is 4.46. The molecule has 2 N–H and O–H groups in total. The Morgan fingerprint density at radius 2 is 1.68 bits per heavy atom. The Labute approximate surface area is 181 Å². The summed E-state index contributed by atoms with van der Waals surface area (Å²) < 4.78 is 1.14. The molecule has 0 saturated carbocycles. The number of hydrogen-bond donors (Lipinski definition) is 2. The largest absolute Gasteiger partial charge is 0.326 e. The quantitative estimate of drug-likeness (QED) is 0.613. The van der Waals surface area contributed by atoms with E-state index in [1.807, 2.05) is 49.4 Å². The predicted molar refractivity (Wildman–Crippen MR) is 122 cm³/mol. The summed E-state index contributed by atoms with van der Waals surface area (Å²) >= 11 is 0. The van der Waals surface area contributed by atoms with Crippen LogP contribution < -0.4 is 16.2 Å². The number of carbonyl (C=O) groups is 2. The first-order chi connectivity index (χ1) is 14.9. The second kappa shape index (κ2) is 9.84. The highest BCUT2D eigenvalue weighted by Gasteiger charge is 2.11. The average molecular weight is 418 g/mol. The lowest BCUT2D eigenvalue weighted by atomic mass is 10.0. The minimum atomic E-state index is -0.368. The Bertz CT molecular complexity index is 1150. The summed E-state index contributed by atoms with van der Waals surface area (Å²) in [6.07, 6.45) is 1.69. The van der Waals surface area contributed by atoms with Gasteiger partial charge in [0.1, 0.15) is 6.54 Å². The van der Waals surface area contributed by atoms with Crippen molar-refractivity contribution in [3.05, 3.63) is 76.1 Å². The number of carbonyl (C=O) groups excluding carboxylic acids is 2. The van der Waals surface area contributed by atoms with Crippen molar-refractivity contribution in [2.45, 2.75) is 40.2 Å². The van der Waals surface area contributed by atoms with Gasteiger partial charge in [-0.2, -0.15) is 5.10 Å². The molecule has 0 spiro atoms. The third-order valence-corrected chi connectivity index (χ3v) is 4.90. The first-order valence-electron chi connectivity index (χ1n) is 10.3. The number of hydrogen-bond acceptors (Lipinski definition) is 4. The fourth-order valence-corrected chi connectivity index (χ4v) is 3.23. The highest BCUT2D eigenvalue weighted by atomic mass is 16.2. The molecule has 3 rings (SSSR count). The summed E-state index contributed by atoms with van der Waals surface area (Å²) in [6, 6.07) is 16.2. The van der Waals surface area contributed by atoms with Gasteiger partial charge in [-0.15, -0.1) is 0 Å². The first kappa shape index (κ1) is 22.0. The molecule has 0 unspecified atom stereocenters. The lowest BCUT2D eigenvalue weighted by Crippen LogP contribution is -2.29. The molecule has 7 nitrogen and oxygen atoms in total. The fraction of sp³-hybridized carbons (Fsp3) is 0.250. The van der Waals surface area contributed by atoms with Crippen molar-refractivity contribution in [2.75, 3.05) is 10.6 Å². The monoisotopic (exact) mass is 418 g/mol. The van der Waals surface area contributed by atoms with Gasteiger partial charge in [-0.05, 0) is 48.2 Å². The molecular weight excluding hydrogens is 392 g/mol. The summed E-state index contributed by atoms with van der Waals surface area (Å²) in [4.78, 5) is 36.2. The molecule has 0 radical (unpaired) electrons. The molecule has 3 aromatic rings. The number of benzene rings is 2. The van der Waals surface area contributed by atoms with Crippen LogP contribution in [0.5, 0.6) is 0 Å². The third kappa shape index (κ3) is 5.66. The zero-order chi connectivity index (χ0) is 22.4. The molecule has 0 aliphatic heterocycles. The molecule has 1 aromatic heterocycles. The normalized spacial score (nSPS) is 10.5. The zero-order valence-electron chi connectivity index (χ0n) is 17.9. The summed E-state index contributed by atoms with van der Waals surface area (Å²) in [6.45, 7) is 5.33. The predicted octanol–water partition coefficient (Wildman–Crippen LogP) is 3.63. The number of nitrogens with one attached hydrogen (secondary N) is 2. The van der Waals surface area contributed by atoms with E-state index in [2.05, 4.69) is 22.7 Å². The van der Waals surface area contributed by atoms with Crippen LogP contribution >= 0.6 is 0 Å². The molecule has 0 fully saturated rings. The van der Waals surface area contributed by atoms with Gasteiger partial charge < -0.3 is 10.6 Å². The van der Waals surface area contributed by atoms with Gasteiger partial charge in [-0.25, -0.2) is 4.68 Å². The van der Waals surface area contributed by atoms with E-state index in [0.717, 1.165) is 28.7 Å². The first-order valence-corrected chi connectivity index (χ1v) is 10.3. The van der Waals surface area contributed by atoms with E-state index < -0.39 is 0 Å². The number of rotatable bonds is 7. The highest BCUT2D eigenvalue weighted by molar-refractivity contribution is 5.91. The van der Waals surface area contributed by atoms with Gasteiger partial charge in [0.05, 0.1) is 5.69 Å². The van der Waals surface area contributed by atoms with Crippen LogP contribution in [0, 0.1) is 0 Å². The van der Waals surface area contributed by atoms with Gasteiger partial charge in [-0.3, -0.25) is 14.4 Å². The second-order valence-corrected chi connectivity index (χ2v) is 7.22. The molecule has 0 aliphatic rings. The van der Waals surface area contributed by atoms with Crippen LogP contribution in [-0.2, 0) is 29.0 Å². The zero-order valence-corrected chi connectivity index (χ0v) is 17.9. The Hall–Kier alpha value is -3.74. The molecule has 2 aromatic carbocycles. The average Bonchev–Trinajstić information content (AvgIpc) is 2.75. The molecular formula is C24H26N4O3. The molecule has 0 saturated heterocycles. The van der Waals surface area contributed by atoms with Crippen molar-refractivity contribution in [1.29, 1.82) is 0 Å². The van der Waals surface area contributed by atoms with Crippen LogP contribution in [0.4, 0.5) is 11.4 Å². The van der Waals surface area contributed by atoms with Crippen LogP contribution in [0.3, 0.4) is 0 Å². The van der Waals surface area contributed by atoms with Crippen LogP contribution in [0.1, 0.15) is 31.9 Å². The van der Waals surface area contributed by atoms with E-state index >= 15 is 0 Å². The molecule has 0 aliphatic carbocycles. The van der Waals surface area contributed by atoms with Crippen LogP contribution in [0.2, 0.25) is 0 Å². The topological polar surface area (TPSA) is 93.1 Å². The Morgan fingerprint density at radius 1 is 0.935 bits per heavy atom. The van der Waals surface area contributed by atoms with Gasteiger partial charge in [0.2, 0.25) is 11.8 Å². The van der Waals surface area contributed by atoms with Gasteiger partial charge in [0.15, 0.2) is 0 Å². The lowest BCUT2D eigenvalue weighted by molar-refractivity contribution is -0.117. The number of amides is 2. The maximum Gasteiger partial charge on any atom is 0.267 e. The van der Waals surface area contributed by atoms with Crippen molar-refractivity contribution in [3.8, 4) is 11.3 Å². The lowest BCUT2D eigenvalue weighted by Gasteiger charge is -2.12. The summed E-state index contributed by atoms with van der Waals surface area (Å²) in [7, 11) is 0. The molecule has 1 heterocycles. The Morgan fingerprint density at radius 3 is 2.32 bits per heavy atom. The van der Waals surface area contributed by atoms with Gasteiger partial charge in [-0.1, -0.05) is 38.1 Å². The van der Waals surface area contributed by atoms with Crippen LogP contribution in [0.25, 0.3) is 11.3 Å². The molecule has 31 heavy (non-hydrogen) atoms. The van der Waals surface area contributed by atoms with Crippen molar-refractivity contribution < 1.29 is 9.59 Å². The van der Waals surface area contributed by atoms with Crippen molar-refractivity contribution in [1.82, 2.24) is 9.78 Å². The minimum Gasteiger partial charge on any atom is -0.326 e. The van der Waals surface area contributed by atoms with Crippen LogP contribution in [0.15, 0.2) is 59.4 Å². The number of aromatic nitrogens is 2. The molecule has 7 heteroatoms. The number of nitrogens with zero attached hydrogens (tertiary/aromatic N) is 2. The third-order valence-electron chi connectivity index (χ3n) is 4.90. The van der Waals surface area contributed by atoms with E-state index in [1.54, 1.807) is 6.07 Å².